The second kappa shape index (κ2) is 9.72. The number of hydrogen-bond acceptors (Lipinski definition) is 3. The van der Waals surface area contributed by atoms with Crippen molar-refractivity contribution in [2.24, 2.45) is 16.6 Å². The summed E-state index contributed by atoms with van der Waals surface area (Å²) in [6, 6.07) is 11.1. The van der Waals surface area contributed by atoms with Crippen LogP contribution in [0, 0.1) is 17.6 Å². The second-order valence-corrected chi connectivity index (χ2v) is 6.28. The fourth-order valence-electron chi connectivity index (χ4n) is 3.02. The number of halogens is 3. The highest BCUT2D eigenvalue weighted by atomic mass is 127. The highest BCUT2D eigenvalue weighted by Gasteiger charge is 2.22. The van der Waals surface area contributed by atoms with Crippen molar-refractivity contribution < 1.29 is 13.5 Å². The van der Waals surface area contributed by atoms with Gasteiger partial charge in [-0.3, -0.25) is 4.99 Å². The van der Waals surface area contributed by atoms with Gasteiger partial charge in [-0.05, 0) is 36.6 Å². The van der Waals surface area contributed by atoms with Gasteiger partial charge in [-0.25, -0.2) is 8.78 Å². The monoisotopic (exact) mass is 488 g/mol. The summed E-state index contributed by atoms with van der Waals surface area (Å²) >= 11 is 0. The number of hydrogen-bond donors (Lipinski definition) is 2. The van der Waals surface area contributed by atoms with E-state index in [1.54, 1.807) is 7.11 Å². The Hall–Kier alpha value is -2.10. The first-order valence-corrected chi connectivity index (χ1v) is 8.46. The van der Waals surface area contributed by atoms with Crippen LogP contribution in [0.15, 0.2) is 47.5 Å². The molecular weight excluding hydrogens is 465 g/mol. The Morgan fingerprint density at radius 1 is 1.30 bits per heavy atom. The molecule has 1 aliphatic rings. The van der Waals surface area contributed by atoms with Gasteiger partial charge in [-0.2, -0.15) is 0 Å². The topological polar surface area (TPSA) is 62.9 Å². The molecule has 1 saturated heterocycles. The standard InChI is InChI=1S/C19H22F2N4O.HI/c1-26-16-4-2-3-15(10-16)25-8-7-13(12-25)11-23-19(22)24-18-9-14(20)5-6-17(18)21;/h2-6,9-10,13H,7-8,11-12H2,1H3,(H3,22,23,24);1H. The van der Waals surface area contributed by atoms with Crippen molar-refractivity contribution in [3.8, 4) is 5.75 Å². The van der Waals surface area contributed by atoms with Gasteiger partial charge >= 0.3 is 0 Å². The molecule has 0 radical (unpaired) electrons. The van der Waals surface area contributed by atoms with Crippen LogP contribution >= 0.6 is 24.0 Å². The molecule has 0 spiro atoms. The molecule has 1 atom stereocenters. The van der Waals surface area contributed by atoms with Crippen LogP contribution in [0.25, 0.3) is 0 Å². The van der Waals surface area contributed by atoms with Gasteiger partial charge in [0.2, 0.25) is 0 Å². The van der Waals surface area contributed by atoms with Gasteiger partial charge < -0.3 is 20.7 Å². The summed E-state index contributed by atoms with van der Waals surface area (Å²) in [6.45, 7) is 2.31. The summed E-state index contributed by atoms with van der Waals surface area (Å²) in [5.74, 6) is 0.142. The molecule has 3 N–H and O–H groups in total. The van der Waals surface area contributed by atoms with E-state index in [1.807, 2.05) is 18.2 Å². The molecule has 27 heavy (non-hydrogen) atoms. The third-order valence-electron chi connectivity index (χ3n) is 4.42. The number of aliphatic imine (C=N–C) groups is 1. The maximum Gasteiger partial charge on any atom is 0.193 e. The van der Waals surface area contributed by atoms with Crippen molar-refractivity contribution >= 4 is 41.3 Å². The first-order valence-electron chi connectivity index (χ1n) is 8.46. The highest BCUT2D eigenvalue weighted by Crippen LogP contribution is 2.27. The molecule has 0 saturated carbocycles. The van der Waals surface area contributed by atoms with Gasteiger partial charge in [0.1, 0.15) is 17.4 Å². The Morgan fingerprint density at radius 3 is 2.89 bits per heavy atom. The normalized spacial score (nSPS) is 16.8. The molecule has 5 nitrogen and oxygen atoms in total. The van der Waals surface area contributed by atoms with Crippen LogP contribution in [-0.4, -0.2) is 32.7 Å². The van der Waals surface area contributed by atoms with E-state index in [1.165, 1.54) is 0 Å². The quantitative estimate of drug-likeness (QED) is 0.382. The molecule has 2 aromatic carbocycles. The fraction of sp³-hybridized carbons (Fsp3) is 0.316. The summed E-state index contributed by atoms with van der Waals surface area (Å²) in [6.07, 6.45) is 0.988. The van der Waals surface area contributed by atoms with Crippen molar-refractivity contribution in [1.29, 1.82) is 0 Å². The summed E-state index contributed by atoms with van der Waals surface area (Å²) < 4.78 is 32.1. The number of anilines is 2. The number of methoxy groups -OCH3 is 1. The Balaban J connectivity index is 0.00000261. The molecule has 3 rings (SSSR count). The minimum atomic E-state index is -0.574. The molecule has 8 heteroatoms. The number of nitrogens with zero attached hydrogens (tertiary/aromatic N) is 2. The number of ether oxygens (including phenoxy) is 1. The van der Waals surface area contributed by atoms with Crippen molar-refractivity contribution in [3.63, 3.8) is 0 Å². The molecular formula is C19H23F2IN4O. The van der Waals surface area contributed by atoms with Gasteiger partial charge in [0.15, 0.2) is 5.96 Å². The fourth-order valence-corrected chi connectivity index (χ4v) is 3.02. The lowest BCUT2D eigenvalue weighted by atomic mass is 10.1. The van der Waals surface area contributed by atoms with Crippen LogP contribution in [-0.2, 0) is 0 Å². The van der Waals surface area contributed by atoms with E-state index < -0.39 is 11.6 Å². The zero-order valence-electron chi connectivity index (χ0n) is 15.0. The average Bonchev–Trinajstić information content (AvgIpc) is 3.12. The molecule has 0 aliphatic carbocycles. The number of nitrogens with one attached hydrogen (secondary N) is 1. The number of rotatable bonds is 5. The molecule has 1 aliphatic heterocycles. The maximum absolute atomic E-state index is 13.6. The van der Waals surface area contributed by atoms with E-state index in [0.29, 0.717) is 12.5 Å². The Bertz CT molecular complexity index is 803. The van der Waals surface area contributed by atoms with Crippen LogP contribution in [0.2, 0.25) is 0 Å². The molecule has 2 aromatic rings. The van der Waals surface area contributed by atoms with Crippen LogP contribution in [0.4, 0.5) is 20.2 Å². The van der Waals surface area contributed by atoms with E-state index in [2.05, 4.69) is 21.3 Å². The molecule has 1 unspecified atom stereocenters. The smallest absolute Gasteiger partial charge is 0.193 e. The predicted molar refractivity (Wildman–Crippen MR) is 115 cm³/mol. The summed E-state index contributed by atoms with van der Waals surface area (Å²) in [4.78, 5) is 6.55. The van der Waals surface area contributed by atoms with Crippen molar-refractivity contribution in [3.05, 3.63) is 54.1 Å². The lowest BCUT2D eigenvalue weighted by Crippen LogP contribution is -2.25. The summed E-state index contributed by atoms with van der Waals surface area (Å²) in [5, 5.41) is 2.62. The van der Waals surface area contributed by atoms with E-state index >= 15 is 0 Å². The molecule has 1 fully saturated rings. The predicted octanol–water partition coefficient (Wildman–Crippen LogP) is 3.84. The minimum absolute atomic E-state index is 0. The summed E-state index contributed by atoms with van der Waals surface area (Å²) in [7, 11) is 1.65. The lowest BCUT2D eigenvalue weighted by Gasteiger charge is -2.19. The van der Waals surface area contributed by atoms with Crippen LogP contribution in [0.5, 0.6) is 5.75 Å². The largest absolute Gasteiger partial charge is 0.497 e. The van der Waals surface area contributed by atoms with E-state index in [4.69, 9.17) is 10.5 Å². The van der Waals surface area contributed by atoms with Crippen LogP contribution < -0.4 is 20.7 Å². The van der Waals surface area contributed by atoms with E-state index in [9.17, 15) is 8.78 Å². The molecule has 1 heterocycles. The number of nitrogens with two attached hydrogens (primary N) is 1. The number of guanidine groups is 1. The Morgan fingerprint density at radius 2 is 2.11 bits per heavy atom. The van der Waals surface area contributed by atoms with Gasteiger partial charge in [0.25, 0.3) is 0 Å². The lowest BCUT2D eigenvalue weighted by molar-refractivity contribution is 0.415. The average molecular weight is 488 g/mol. The third kappa shape index (κ3) is 5.69. The third-order valence-corrected chi connectivity index (χ3v) is 4.42. The van der Waals surface area contributed by atoms with E-state index in [0.717, 1.165) is 49.1 Å². The molecule has 0 amide bonds. The molecule has 0 aromatic heterocycles. The Labute approximate surface area is 174 Å². The molecule has 146 valence electrons. The van der Waals surface area contributed by atoms with Gasteiger partial charge in [0, 0.05) is 37.5 Å². The van der Waals surface area contributed by atoms with E-state index in [-0.39, 0.29) is 35.6 Å². The first-order chi connectivity index (χ1) is 12.5. The minimum Gasteiger partial charge on any atom is -0.497 e. The maximum atomic E-state index is 13.6. The second-order valence-electron chi connectivity index (χ2n) is 6.28. The highest BCUT2D eigenvalue weighted by molar-refractivity contribution is 14.0. The van der Waals surface area contributed by atoms with Gasteiger partial charge in [0.05, 0.1) is 12.8 Å². The number of benzene rings is 2. The SMILES string of the molecule is COc1cccc(N2CCC(CN=C(N)Nc3cc(F)ccc3F)C2)c1.I. The first kappa shape index (κ1) is 21.2. The zero-order chi connectivity index (χ0) is 18.5. The van der Waals surface area contributed by atoms with Crippen molar-refractivity contribution in [2.75, 3.05) is 37.0 Å². The van der Waals surface area contributed by atoms with Crippen LogP contribution in [0.1, 0.15) is 6.42 Å². The summed E-state index contributed by atoms with van der Waals surface area (Å²) in [5.41, 5.74) is 6.90. The molecule has 0 bridgehead atoms. The zero-order valence-corrected chi connectivity index (χ0v) is 17.3. The van der Waals surface area contributed by atoms with Gasteiger partial charge in [-0.15, -0.1) is 24.0 Å². The Kier molecular flexibility index (Phi) is 7.64. The van der Waals surface area contributed by atoms with Crippen LogP contribution in [0.3, 0.4) is 0 Å². The van der Waals surface area contributed by atoms with Gasteiger partial charge in [-0.1, -0.05) is 6.07 Å². The van der Waals surface area contributed by atoms with Crippen molar-refractivity contribution in [1.82, 2.24) is 0 Å². The van der Waals surface area contributed by atoms with Crippen molar-refractivity contribution in [2.45, 2.75) is 6.42 Å².